The molecule has 1 unspecified atom stereocenters. The van der Waals surface area contributed by atoms with Crippen molar-refractivity contribution >= 4 is 5.97 Å². The molecule has 1 aromatic rings. The summed E-state index contributed by atoms with van der Waals surface area (Å²) in [5, 5.41) is 20.4. The Morgan fingerprint density at radius 2 is 2.16 bits per heavy atom. The van der Waals surface area contributed by atoms with Crippen LogP contribution in [0.4, 0.5) is 0 Å². The van der Waals surface area contributed by atoms with Crippen molar-refractivity contribution in [3.8, 4) is 0 Å². The second kappa shape index (κ2) is 6.60. The van der Waals surface area contributed by atoms with E-state index in [9.17, 15) is 4.79 Å². The van der Waals surface area contributed by atoms with Gasteiger partial charge in [-0.2, -0.15) is 0 Å². The zero-order valence-electron chi connectivity index (χ0n) is 12.0. The third kappa shape index (κ3) is 5.34. The number of hydrogen-bond acceptors (Lipinski definition) is 5. The van der Waals surface area contributed by atoms with Crippen LogP contribution in [0.15, 0.2) is 0 Å². The Kier molecular flexibility index (Phi) is 5.41. The molecule has 0 aliphatic heterocycles. The molecular formula is C12H22N4O3. The summed E-state index contributed by atoms with van der Waals surface area (Å²) in [6.45, 7) is 8.12. The van der Waals surface area contributed by atoms with Crippen LogP contribution in [0.3, 0.4) is 0 Å². The van der Waals surface area contributed by atoms with Crippen molar-refractivity contribution in [3.63, 3.8) is 0 Å². The highest BCUT2D eigenvalue weighted by molar-refractivity contribution is 5.67. The van der Waals surface area contributed by atoms with E-state index in [0.29, 0.717) is 5.82 Å². The molecule has 0 amide bonds. The molecule has 0 bridgehead atoms. The van der Waals surface area contributed by atoms with Crippen molar-refractivity contribution in [2.45, 2.75) is 65.2 Å². The highest BCUT2D eigenvalue weighted by atomic mass is 16.5. The van der Waals surface area contributed by atoms with Crippen LogP contribution in [0.1, 0.15) is 58.8 Å². The van der Waals surface area contributed by atoms with Crippen molar-refractivity contribution in [2.24, 2.45) is 0 Å². The first-order valence-electron chi connectivity index (χ1n) is 6.46. The number of ether oxygens (including phenoxy) is 1. The van der Waals surface area contributed by atoms with Gasteiger partial charge in [-0.05, 0) is 37.6 Å². The molecule has 0 saturated heterocycles. The number of nitrogens with zero attached hydrogens (tertiary/aromatic N) is 4. The van der Waals surface area contributed by atoms with Gasteiger partial charge in [0.15, 0.2) is 5.82 Å². The number of carboxylic acid groups (broad SMARTS) is 1. The maximum atomic E-state index is 10.9. The minimum Gasteiger partial charge on any atom is -0.481 e. The lowest BCUT2D eigenvalue weighted by atomic mass is 10.1. The normalized spacial score (nSPS) is 13.5. The van der Waals surface area contributed by atoms with E-state index in [1.807, 2.05) is 27.7 Å². The van der Waals surface area contributed by atoms with E-state index >= 15 is 0 Å². The van der Waals surface area contributed by atoms with Crippen LogP contribution in [0, 0.1) is 0 Å². The van der Waals surface area contributed by atoms with Crippen molar-refractivity contribution in [1.29, 1.82) is 0 Å². The van der Waals surface area contributed by atoms with E-state index in [2.05, 4.69) is 15.5 Å². The number of carboxylic acids is 1. The largest absolute Gasteiger partial charge is 0.481 e. The van der Waals surface area contributed by atoms with E-state index in [-0.39, 0.29) is 24.7 Å². The summed E-state index contributed by atoms with van der Waals surface area (Å²) in [5.74, 6) is -0.286. The predicted octanol–water partition coefficient (Wildman–Crippen LogP) is 1.80. The van der Waals surface area contributed by atoms with Gasteiger partial charge in [-0.3, -0.25) is 4.79 Å². The minimum absolute atomic E-state index is 0.0153. The van der Waals surface area contributed by atoms with Crippen molar-refractivity contribution in [1.82, 2.24) is 20.2 Å². The molecule has 0 aliphatic rings. The summed E-state index contributed by atoms with van der Waals surface area (Å²) < 4.78 is 7.21. The Balaban J connectivity index is 2.80. The van der Waals surface area contributed by atoms with Gasteiger partial charge in [0.2, 0.25) is 0 Å². The van der Waals surface area contributed by atoms with Gasteiger partial charge in [0, 0.05) is 0 Å². The van der Waals surface area contributed by atoms with Crippen LogP contribution in [-0.2, 0) is 16.1 Å². The fraction of sp³-hybridized carbons (Fsp3) is 0.833. The molecule has 0 spiro atoms. The zero-order chi connectivity index (χ0) is 14.5. The van der Waals surface area contributed by atoms with Crippen molar-refractivity contribution in [3.05, 3.63) is 5.82 Å². The van der Waals surface area contributed by atoms with Gasteiger partial charge in [0.05, 0.1) is 18.1 Å². The zero-order valence-corrected chi connectivity index (χ0v) is 12.0. The third-order valence-corrected chi connectivity index (χ3v) is 2.57. The van der Waals surface area contributed by atoms with E-state index in [1.54, 1.807) is 4.68 Å². The van der Waals surface area contributed by atoms with Gasteiger partial charge in [-0.15, -0.1) is 5.10 Å². The molecule has 0 aliphatic carbocycles. The summed E-state index contributed by atoms with van der Waals surface area (Å²) in [6, 6.07) is -0.226. The molecule has 7 nitrogen and oxygen atoms in total. The number of tetrazole rings is 1. The topological polar surface area (TPSA) is 90.1 Å². The summed E-state index contributed by atoms with van der Waals surface area (Å²) in [7, 11) is 0. The second-order valence-electron chi connectivity index (χ2n) is 5.48. The van der Waals surface area contributed by atoms with E-state index in [4.69, 9.17) is 9.84 Å². The van der Waals surface area contributed by atoms with E-state index in [0.717, 1.165) is 12.8 Å². The standard InChI is InChI=1S/C12H22N4O3/c1-5-6-9(7-11(17)18)16-10(13-14-15-16)8-19-12(2,3)4/h9H,5-8H2,1-4H3,(H,17,18). The smallest absolute Gasteiger partial charge is 0.305 e. The van der Waals surface area contributed by atoms with Gasteiger partial charge in [0.25, 0.3) is 0 Å². The molecule has 0 saturated carbocycles. The summed E-state index contributed by atoms with van der Waals surface area (Å²) in [4.78, 5) is 10.9. The van der Waals surface area contributed by atoms with Gasteiger partial charge in [0.1, 0.15) is 6.61 Å². The van der Waals surface area contributed by atoms with Crippen LogP contribution in [0.2, 0.25) is 0 Å². The molecule has 1 atom stereocenters. The first-order chi connectivity index (χ1) is 8.83. The lowest BCUT2D eigenvalue weighted by molar-refractivity contribution is -0.138. The monoisotopic (exact) mass is 270 g/mol. The molecule has 1 N–H and O–H groups in total. The van der Waals surface area contributed by atoms with Crippen LogP contribution in [0.25, 0.3) is 0 Å². The summed E-state index contributed by atoms with van der Waals surface area (Å²) >= 11 is 0. The molecule has 19 heavy (non-hydrogen) atoms. The van der Waals surface area contributed by atoms with Gasteiger partial charge >= 0.3 is 5.97 Å². The van der Waals surface area contributed by atoms with Crippen molar-refractivity contribution < 1.29 is 14.6 Å². The van der Waals surface area contributed by atoms with E-state index < -0.39 is 5.97 Å². The summed E-state index contributed by atoms with van der Waals surface area (Å²) in [6.07, 6.45) is 1.61. The van der Waals surface area contributed by atoms with Gasteiger partial charge in [-0.1, -0.05) is 13.3 Å². The van der Waals surface area contributed by atoms with Crippen LogP contribution in [0.5, 0.6) is 0 Å². The molecule has 108 valence electrons. The number of aliphatic carboxylic acids is 1. The van der Waals surface area contributed by atoms with Crippen LogP contribution < -0.4 is 0 Å². The first-order valence-corrected chi connectivity index (χ1v) is 6.46. The molecule has 7 heteroatoms. The maximum absolute atomic E-state index is 10.9. The molecule has 0 fully saturated rings. The average Bonchev–Trinajstić information content (AvgIpc) is 2.72. The number of aromatic nitrogens is 4. The number of hydrogen-bond donors (Lipinski definition) is 1. The number of carbonyl (C=O) groups is 1. The van der Waals surface area contributed by atoms with E-state index in [1.165, 1.54) is 0 Å². The molecule has 1 heterocycles. The van der Waals surface area contributed by atoms with Gasteiger partial charge in [-0.25, -0.2) is 4.68 Å². The van der Waals surface area contributed by atoms with Gasteiger partial charge < -0.3 is 9.84 Å². The number of rotatable bonds is 7. The Labute approximate surface area is 112 Å². The highest BCUT2D eigenvalue weighted by Gasteiger charge is 2.21. The molecule has 0 radical (unpaired) electrons. The Morgan fingerprint density at radius 1 is 1.47 bits per heavy atom. The Morgan fingerprint density at radius 3 is 2.68 bits per heavy atom. The summed E-state index contributed by atoms with van der Waals surface area (Å²) in [5.41, 5.74) is -0.288. The maximum Gasteiger partial charge on any atom is 0.305 e. The fourth-order valence-electron chi connectivity index (χ4n) is 1.72. The molecule has 1 rings (SSSR count). The fourth-order valence-corrected chi connectivity index (χ4v) is 1.72. The third-order valence-electron chi connectivity index (χ3n) is 2.57. The molecular weight excluding hydrogens is 248 g/mol. The Bertz CT molecular complexity index is 411. The molecule has 0 aromatic carbocycles. The lowest BCUT2D eigenvalue weighted by Gasteiger charge is -2.20. The second-order valence-corrected chi connectivity index (χ2v) is 5.48. The van der Waals surface area contributed by atoms with Crippen LogP contribution in [-0.4, -0.2) is 36.9 Å². The quantitative estimate of drug-likeness (QED) is 0.812. The predicted molar refractivity (Wildman–Crippen MR) is 68.6 cm³/mol. The van der Waals surface area contributed by atoms with Crippen LogP contribution >= 0.6 is 0 Å². The first kappa shape index (κ1) is 15.6. The Hall–Kier alpha value is -1.50. The molecule has 1 aromatic heterocycles. The average molecular weight is 270 g/mol. The minimum atomic E-state index is -0.850. The lowest BCUT2D eigenvalue weighted by Crippen LogP contribution is -2.22. The highest BCUT2D eigenvalue weighted by Crippen LogP contribution is 2.19. The SMILES string of the molecule is CCCC(CC(=O)O)n1nnnc1COC(C)(C)C. The van der Waals surface area contributed by atoms with Crippen molar-refractivity contribution in [2.75, 3.05) is 0 Å².